The summed E-state index contributed by atoms with van der Waals surface area (Å²) in [6, 6.07) is 7.47. The molecule has 4 aromatic rings. The van der Waals surface area contributed by atoms with E-state index in [0.717, 1.165) is 17.7 Å². The second-order valence-corrected chi connectivity index (χ2v) is 7.47. The van der Waals surface area contributed by atoms with Crippen molar-refractivity contribution >= 4 is 34.4 Å². The number of nitrogen functional groups attached to an aromatic ring is 1. The van der Waals surface area contributed by atoms with Gasteiger partial charge in [0.2, 0.25) is 5.95 Å². The summed E-state index contributed by atoms with van der Waals surface area (Å²) in [4.78, 5) is 21.1. The van der Waals surface area contributed by atoms with Gasteiger partial charge < -0.3 is 21.5 Å². The molecule has 5 N–H and O–H groups in total. The molecule has 1 atom stereocenters. The molecule has 0 aliphatic rings. The Morgan fingerprint density at radius 1 is 1.12 bits per heavy atom. The Morgan fingerprint density at radius 2 is 1.82 bits per heavy atom. The number of amides is 1. The number of fused-ring (bicyclic) bond motifs is 1. The number of carbonyl (C=O) groups excluding carboxylic acids is 1. The fourth-order valence-corrected chi connectivity index (χ4v) is 3.53. The van der Waals surface area contributed by atoms with E-state index in [1.54, 1.807) is 29.9 Å². The maximum atomic E-state index is 13.4. The van der Waals surface area contributed by atoms with E-state index in [0.29, 0.717) is 40.1 Å². The molecule has 4 rings (SSSR count). The molecule has 33 heavy (non-hydrogen) atoms. The molecule has 0 saturated heterocycles. The van der Waals surface area contributed by atoms with Crippen LogP contribution in [-0.4, -0.2) is 37.8 Å². The topological polar surface area (TPSA) is 131 Å². The van der Waals surface area contributed by atoms with Crippen molar-refractivity contribution in [2.24, 2.45) is 0 Å². The van der Waals surface area contributed by atoms with Crippen LogP contribution in [0.2, 0.25) is 0 Å². The number of aromatic nitrogens is 4. The third-order valence-electron chi connectivity index (χ3n) is 5.08. The molecular formula is C22H21F2N7O2. The molecular weight excluding hydrogens is 432 g/mol. The lowest BCUT2D eigenvalue weighted by atomic mass is 10.1. The minimum absolute atomic E-state index is 0.187. The van der Waals surface area contributed by atoms with Crippen LogP contribution in [0.25, 0.3) is 16.7 Å². The summed E-state index contributed by atoms with van der Waals surface area (Å²) in [6.07, 6.45) is -1.74. The smallest absolute Gasteiger partial charge is 0.257 e. The monoisotopic (exact) mass is 453 g/mol. The van der Waals surface area contributed by atoms with Crippen molar-refractivity contribution in [1.82, 2.24) is 19.7 Å². The van der Waals surface area contributed by atoms with E-state index in [-0.39, 0.29) is 11.4 Å². The van der Waals surface area contributed by atoms with Crippen LogP contribution in [0.15, 0.2) is 36.4 Å². The zero-order valence-electron chi connectivity index (χ0n) is 18.0. The number of aryl methyl sites for hydroxylation is 2. The molecule has 11 heteroatoms. The first-order valence-corrected chi connectivity index (χ1v) is 9.94. The van der Waals surface area contributed by atoms with Crippen LogP contribution in [0, 0.1) is 25.5 Å². The van der Waals surface area contributed by atoms with Gasteiger partial charge in [-0.05, 0) is 55.3 Å². The van der Waals surface area contributed by atoms with Gasteiger partial charge in [-0.1, -0.05) is 0 Å². The fraction of sp³-hybridized carbons (Fsp3) is 0.182. The summed E-state index contributed by atoms with van der Waals surface area (Å²) in [5.41, 5.74) is 9.59. The molecule has 170 valence electrons. The van der Waals surface area contributed by atoms with E-state index in [4.69, 9.17) is 5.73 Å². The lowest BCUT2D eigenvalue weighted by Crippen LogP contribution is -2.21. The van der Waals surface area contributed by atoms with E-state index in [1.807, 2.05) is 13.8 Å². The van der Waals surface area contributed by atoms with Gasteiger partial charge >= 0.3 is 0 Å². The second-order valence-electron chi connectivity index (χ2n) is 7.47. The van der Waals surface area contributed by atoms with Gasteiger partial charge in [-0.2, -0.15) is 10.1 Å². The van der Waals surface area contributed by atoms with Crippen molar-refractivity contribution < 1.29 is 18.7 Å². The highest BCUT2D eigenvalue weighted by atomic mass is 19.1. The minimum atomic E-state index is -1.74. The molecule has 2 heterocycles. The van der Waals surface area contributed by atoms with Crippen LogP contribution in [0.4, 0.5) is 26.2 Å². The molecule has 0 bridgehead atoms. The number of hydrogen-bond acceptors (Lipinski definition) is 7. The number of nitrogens with zero attached hydrogens (tertiary/aromatic N) is 4. The number of aliphatic hydroxyl groups excluding tert-OH is 1. The van der Waals surface area contributed by atoms with Gasteiger partial charge in [0.15, 0.2) is 11.9 Å². The summed E-state index contributed by atoms with van der Waals surface area (Å²) in [5.74, 6) is -1.96. The summed E-state index contributed by atoms with van der Waals surface area (Å²) in [6.45, 7) is 3.62. The van der Waals surface area contributed by atoms with Gasteiger partial charge in [0.1, 0.15) is 22.7 Å². The summed E-state index contributed by atoms with van der Waals surface area (Å²) >= 11 is 0. The van der Waals surface area contributed by atoms with Gasteiger partial charge in [0.05, 0.1) is 11.4 Å². The van der Waals surface area contributed by atoms with E-state index in [2.05, 4.69) is 25.7 Å². The number of halogens is 2. The largest absolute Gasteiger partial charge is 0.382 e. The number of benzene rings is 2. The fourth-order valence-electron chi connectivity index (χ4n) is 3.53. The van der Waals surface area contributed by atoms with Crippen LogP contribution in [0.1, 0.15) is 22.9 Å². The zero-order chi connectivity index (χ0) is 23.9. The van der Waals surface area contributed by atoms with Crippen LogP contribution in [0.5, 0.6) is 0 Å². The summed E-state index contributed by atoms with van der Waals surface area (Å²) in [7, 11) is 1.69. The van der Waals surface area contributed by atoms with Crippen molar-refractivity contribution in [3.63, 3.8) is 0 Å². The quantitative estimate of drug-likeness (QED) is 0.365. The second kappa shape index (κ2) is 8.43. The van der Waals surface area contributed by atoms with Gasteiger partial charge in [0.25, 0.3) is 5.91 Å². The van der Waals surface area contributed by atoms with Gasteiger partial charge in [-0.3, -0.25) is 4.79 Å². The van der Waals surface area contributed by atoms with Crippen molar-refractivity contribution in [2.45, 2.75) is 20.0 Å². The Kier molecular flexibility index (Phi) is 5.64. The molecule has 0 fully saturated rings. The third kappa shape index (κ3) is 4.17. The first-order chi connectivity index (χ1) is 15.7. The summed E-state index contributed by atoms with van der Waals surface area (Å²) in [5, 5.41) is 20.1. The Morgan fingerprint density at radius 3 is 2.45 bits per heavy atom. The van der Waals surface area contributed by atoms with Crippen LogP contribution in [-0.2, 0) is 4.79 Å². The highest BCUT2D eigenvalue weighted by Crippen LogP contribution is 2.28. The highest BCUT2D eigenvalue weighted by Gasteiger charge is 2.21. The maximum absolute atomic E-state index is 13.4. The predicted octanol–water partition coefficient (Wildman–Crippen LogP) is 3.01. The van der Waals surface area contributed by atoms with E-state index < -0.39 is 23.6 Å². The van der Waals surface area contributed by atoms with E-state index in [9.17, 15) is 18.7 Å². The summed E-state index contributed by atoms with van der Waals surface area (Å²) < 4.78 is 28.4. The molecule has 2 aromatic heterocycles. The van der Waals surface area contributed by atoms with Crippen molar-refractivity contribution in [3.8, 4) is 5.69 Å². The molecule has 0 aliphatic heterocycles. The lowest BCUT2D eigenvalue weighted by Gasteiger charge is -2.14. The van der Waals surface area contributed by atoms with Crippen molar-refractivity contribution in [1.29, 1.82) is 0 Å². The molecule has 0 radical (unpaired) electrons. The third-order valence-corrected chi connectivity index (χ3v) is 5.08. The molecule has 0 unspecified atom stereocenters. The molecule has 0 saturated carbocycles. The molecule has 1 amide bonds. The minimum Gasteiger partial charge on any atom is -0.382 e. The number of rotatable bonds is 5. The Balaban J connectivity index is 1.63. The maximum Gasteiger partial charge on any atom is 0.257 e. The average molecular weight is 453 g/mol. The molecule has 0 spiro atoms. The molecule has 2 aromatic carbocycles. The first kappa shape index (κ1) is 22.1. The SMILES string of the molecule is CNc1nc(N)c2c(n1)c(C)nn2-c1ccc(NC(=O)[C@H](O)c2cc(F)cc(F)c2)cc1C. The Labute approximate surface area is 187 Å². The predicted molar refractivity (Wildman–Crippen MR) is 120 cm³/mol. The number of nitrogens with two attached hydrogens (primary N) is 1. The number of hydrogen-bond donors (Lipinski definition) is 4. The number of nitrogens with one attached hydrogen (secondary N) is 2. The van der Waals surface area contributed by atoms with Gasteiger partial charge in [-0.25, -0.2) is 18.4 Å². The molecule has 9 nitrogen and oxygen atoms in total. The Bertz CT molecular complexity index is 1370. The van der Waals surface area contributed by atoms with Gasteiger partial charge in [-0.15, -0.1) is 0 Å². The number of anilines is 3. The standard InChI is InChI=1S/C22H21F2N7O2/c1-10-6-15(27-21(33)19(32)12-7-13(23)9-14(24)8-12)4-5-16(10)31-18-17(11(2)30-31)28-22(26-3)29-20(18)25/h4-9,19,32H,1-3H3,(H,27,33)(H3,25,26,28,29)/t19-/m1/s1. The normalized spacial score (nSPS) is 12.1. The number of carbonyl (C=O) groups is 1. The lowest BCUT2D eigenvalue weighted by molar-refractivity contribution is -0.124. The average Bonchev–Trinajstić information content (AvgIpc) is 3.09. The molecule has 0 aliphatic carbocycles. The van der Waals surface area contributed by atoms with E-state index >= 15 is 0 Å². The Hall–Kier alpha value is -4.12. The van der Waals surface area contributed by atoms with Crippen molar-refractivity contribution in [2.75, 3.05) is 23.4 Å². The first-order valence-electron chi connectivity index (χ1n) is 9.94. The number of aliphatic hydroxyl groups is 1. The highest BCUT2D eigenvalue weighted by molar-refractivity contribution is 5.95. The van der Waals surface area contributed by atoms with Crippen LogP contribution < -0.4 is 16.4 Å². The van der Waals surface area contributed by atoms with Gasteiger partial charge in [0, 0.05) is 18.8 Å². The van der Waals surface area contributed by atoms with Crippen LogP contribution >= 0.6 is 0 Å². The van der Waals surface area contributed by atoms with E-state index in [1.165, 1.54) is 0 Å². The zero-order valence-corrected chi connectivity index (χ0v) is 18.0. The van der Waals surface area contributed by atoms with Crippen molar-refractivity contribution in [3.05, 3.63) is 64.9 Å². The van der Waals surface area contributed by atoms with Crippen LogP contribution in [0.3, 0.4) is 0 Å².